The van der Waals surface area contributed by atoms with Crippen LogP contribution in [-0.2, 0) is 11.3 Å². The predicted octanol–water partition coefficient (Wildman–Crippen LogP) is 4.73. The average molecular weight is 373 g/mol. The third-order valence-electron chi connectivity index (χ3n) is 3.68. The summed E-state index contributed by atoms with van der Waals surface area (Å²) in [6.45, 7) is 2.06. The molecule has 0 saturated heterocycles. The van der Waals surface area contributed by atoms with E-state index in [0.29, 0.717) is 16.6 Å². The summed E-state index contributed by atoms with van der Waals surface area (Å²) in [5.74, 6) is -1.94. The molecule has 1 N–H and O–H groups in total. The van der Waals surface area contributed by atoms with Crippen LogP contribution in [0, 0.1) is 11.6 Å². The van der Waals surface area contributed by atoms with Gasteiger partial charge in [-0.1, -0.05) is 35.3 Å². The molecule has 7 heteroatoms. The van der Waals surface area contributed by atoms with Crippen LogP contribution < -0.4 is 5.32 Å². The predicted molar refractivity (Wildman–Crippen MR) is 92.4 cm³/mol. The highest BCUT2D eigenvalue weighted by atomic mass is 35.5. The fourth-order valence-electron chi connectivity index (χ4n) is 2.10. The first-order valence-electron chi connectivity index (χ1n) is 7.18. The van der Waals surface area contributed by atoms with E-state index >= 15 is 0 Å². The van der Waals surface area contributed by atoms with Crippen molar-refractivity contribution in [3.63, 3.8) is 0 Å². The minimum atomic E-state index is -0.823. The van der Waals surface area contributed by atoms with E-state index in [1.165, 1.54) is 6.07 Å². The van der Waals surface area contributed by atoms with Crippen LogP contribution >= 0.6 is 23.2 Å². The van der Waals surface area contributed by atoms with Crippen molar-refractivity contribution < 1.29 is 13.6 Å². The maximum absolute atomic E-state index is 13.6. The molecular weight excluding hydrogens is 357 g/mol. The van der Waals surface area contributed by atoms with Crippen LogP contribution in [0.2, 0.25) is 10.0 Å². The van der Waals surface area contributed by atoms with Crippen LogP contribution in [0.15, 0.2) is 36.4 Å². The maximum Gasteiger partial charge on any atom is 0.241 e. The second-order valence-electron chi connectivity index (χ2n) is 5.42. The number of halogens is 4. The first-order chi connectivity index (χ1) is 11.3. The molecule has 0 radical (unpaired) electrons. The summed E-state index contributed by atoms with van der Waals surface area (Å²) in [5, 5.41) is 3.32. The van der Waals surface area contributed by atoms with Crippen molar-refractivity contribution in [2.24, 2.45) is 0 Å². The van der Waals surface area contributed by atoms with Crippen LogP contribution in [0.5, 0.6) is 0 Å². The number of hydrogen-bond donors (Lipinski definition) is 1. The molecule has 2 rings (SSSR count). The highest BCUT2D eigenvalue weighted by Crippen LogP contribution is 2.26. The summed E-state index contributed by atoms with van der Waals surface area (Å²) in [5.41, 5.74) is 0.710. The van der Waals surface area contributed by atoms with Crippen molar-refractivity contribution in [2.75, 3.05) is 12.4 Å². The van der Waals surface area contributed by atoms with Crippen molar-refractivity contribution in [3.8, 4) is 0 Å². The molecule has 0 aromatic heterocycles. The second-order valence-corrected chi connectivity index (χ2v) is 6.20. The summed E-state index contributed by atoms with van der Waals surface area (Å²) in [7, 11) is 1.74. The van der Waals surface area contributed by atoms with Crippen molar-refractivity contribution in [2.45, 2.75) is 19.5 Å². The van der Waals surface area contributed by atoms with Crippen LogP contribution in [0.4, 0.5) is 14.5 Å². The van der Waals surface area contributed by atoms with Gasteiger partial charge >= 0.3 is 0 Å². The maximum atomic E-state index is 13.6. The molecule has 1 amide bonds. The number of nitrogens with one attached hydrogen (secondary N) is 1. The number of carbonyl (C=O) groups is 1. The van der Waals surface area contributed by atoms with Crippen LogP contribution in [0.1, 0.15) is 12.5 Å². The molecule has 1 unspecified atom stereocenters. The Balaban J connectivity index is 2.05. The van der Waals surface area contributed by atoms with Gasteiger partial charge in [-0.25, -0.2) is 8.78 Å². The molecule has 0 aliphatic carbocycles. The van der Waals surface area contributed by atoms with E-state index < -0.39 is 23.6 Å². The van der Waals surface area contributed by atoms with Gasteiger partial charge in [-0.2, -0.15) is 0 Å². The lowest BCUT2D eigenvalue weighted by Gasteiger charge is -2.24. The number of rotatable bonds is 5. The zero-order valence-corrected chi connectivity index (χ0v) is 14.6. The highest BCUT2D eigenvalue weighted by molar-refractivity contribution is 6.42. The first kappa shape index (κ1) is 18.6. The normalized spacial score (nSPS) is 12.3. The van der Waals surface area contributed by atoms with Gasteiger partial charge in [-0.3, -0.25) is 9.69 Å². The van der Waals surface area contributed by atoms with E-state index in [1.807, 2.05) is 6.07 Å². The molecular formula is C17H16Cl2F2N2O. The molecule has 0 aliphatic rings. The SMILES string of the molecule is CC(C(=O)Nc1ccc(F)cc1F)N(C)Cc1cccc(Cl)c1Cl. The molecule has 24 heavy (non-hydrogen) atoms. The molecule has 2 aromatic rings. The standard InChI is InChI=1S/C17H16Cl2F2N2O/c1-10(17(24)22-15-7-6-12(20)8-14(15)21)23(2)9-11-4-3-5-13(18)16(11)19/h3-8,10H,9H2,1-2H3,(H,22,24). The Morgan fingerprint density at radius 1 is 1.25 bits per heavy atom. The van der Waals surface area contributed by atoms with Gasteiger partial charge in [0.15, 0.2) is 0 Å². The Hall–Kier alpha value is -1.69. The van der Waals surface area contributed by atoms with Crippen molar-refractivity contribution in [1.29, 1.82) is 0 Å². The number of hydrogen-bond acceptors (Lipinski definition) is 2. The van der Waals surface area contributed by atoms with Crippen molar-refractivity contribution in [3.05, 3.63) is 63.6 Å². The van der Waals surface area contributed by atoms with E-state index in [-0.39, 0.29) is 5.69 Å². The van der Waals surface area contributed by atoms with Gasteiger partial charge in [-0.15, -0.1) is 0 Å². The van der Waals surface area contributed by atoms with Crippen molar-refractivity contribution >= 4 is 34.8 Å². The Labute approximate surface area is 149 Å². The molecule has 3 nitrogen and oxygen atoms in total. The van der Waals surface area contributed by atoms with Gasteiger partial charge in [0.2, 0.25) is 5.91 Å². The van der Waals surface area contributed by atoms with Gasteiger partial charge in [-0.05, 0) is 37.7 Å². The van der Waals surface area contributed by atoms with Gasteiger partial charge in [0.25, 0.3) is 0 Å². The zero-order valence-electron chi connectivity index (χ0n) is 13.1. The minimum Gasteiger partial charge on any atom is -0.322 e. The Kier molecular flexibility index (Phi) is 6.15. The molecule has 1 atom stereocenters. The molecule has 0 bridgehead atoms. The fraction of sp³-hybridized carbons (Fsp3) is 0.235. The monoisotopic (exact) mass is 372 g/mol. The molecule has 0 saturated carbocycles. The third-order valence-corrected chi connectivity index (χ3v) is 4.54. The summed E-state index contributed by atoms with van der Waals surface area (Å²) < 4.78 is 26.5. The smallest absolute Gasteiger partial charge is 0.241 e. The summed E-state index contributed by atoms with van der Waals surface area (Å²) in [6.07, 6.45) is 0. The molecule has 2 aromatic carbocycles. The Bertz CT molecular complexity index is 755. The topological polar surface area (TPSA) is 32.3 Å². The van der Waals surface area contributed by atoms with Crippen LogP contribution in [-0.4, -0.2) is 23.9 Å². The number of anilines is 1. The van der Waals surface area contributed by atoms with Crippen molar-refractivity contribution in [1.82, 2.24) is 4.90 Å². The third kappa shape index (κ3) is 4.44. The first-order valence-corrected chi connectivity index (χ1v) is 7.94. The van der Waals surface area contributed by atoms with E-state index in [2.05, 4.69) is 5.32 Å². The Morgan fingerprint density at radius 2 is 1.96 bits per heavy atom. The number of benzene rings is 2. The summed E-state index contributed by atoms with van der Waals surface area (Å²) >= 11 is 12.1. The Morgan fingerprint density at radius 3 is 2.62 bits per heavy atom. The second kappa shape index (κ2) is 7.92. The van der Waals surface area contributed by atoms with Crippen LogP contribution in [0.25, 0.3) is 0 Å². The van der Waals surface area contributed by atoms with E-state index in [1.54, 1.807) is 31.0 Å². The van der Waals surface area contributed by atoms with Crippen LogP contribution in [0.3, 0.4) is 0 Å². The number of likely N-dealkylation sites (N-methyl/N-ethyl adjacent to an activating group) is 1. The molecule has 0 heterocycles. The van der Waals surface area contributed by atoms with E-state index in [0.717, 1.165) is 17.7 Å². The zero-order chi connectivity index (χ0) is 17.9. The lowest BCUT2D eigenvalue weighted by Crippen LogP contribution is -2.39. The molecule has 128 valence electrons. The quantitative estimate of drug-likeness (QED) is 0.822. The largest absolute Gasteiger partial charge is 0.322 e. The summed E-state index contributed by atoms with van der Waals surface area (Å²) in [4.78, 5) is 14.0. The molecule has 0 fully saturated rings. The number of amides is 1. The lowest BCUT2D eigenvalue weighted by molar-refractivity contribution is -0.120. The van der Waals surface area contributed by atoms with Gasteiger partial charge < -0.3 is 5.32 Å². The lowest BCUT2D eigenvalue weighted by atomic mass is 10.2. The number of nitrogens with zero attached hydrogens (tertiary/aromatic N) is 1. The molecule has 0 spiro atoms. The number of carbonyl (C=O) groups excluding carboxylic acids is 1. The van der Waals surface area contributed by atoms with Gasteiger partial charge in [0, 0.05) is 12.6 Å². The van der Waals surface area contributed by atoms with E-state index in [4.69, 9.17) is 23.2 Å². The summed E-state index contributed by atoms with van der Waals surface area (Å²) in [6, 6.07) is 7.69. The minimum absolute atomic E-state index is 0.0672. The van der Waals surface area contributed by atoms with Gasteiger partial charge in [0.05, 0.1) is 21.8 Å². The highest BCUT2D eigenvalue weighted by Gasteiger charge is 2.20. The fourth-order valence-corrected chi connectivity index (χ4v) is 2.48. The van der Waals surface area contributed by atoms with E-state index in [9.17, 15) is 13.6 Å². The molecule has 0 aliphatic heterocycles. The average Bonchev–Trinajstić information content (AvgIpc) is 2.53. The van der Waals surface area contributed by atoms with Gasteiger partial charge in [0.1, 0.15) is 11.6 Å².